The van der Waals surface area contributed by atoms with Crippen LogP contribution < -0.4 is 4.74 Å². The molecule has 6 nitrogen and oxygen atoms in total. The predicted octanol–water partition coefficient (Wildman–Crippen LogP) is 3.80. The zero-order valence-electron chi connectivity index (χ0n) is 17.0. The van der Waals surface area contributed by atoms with Gasteiger partial charge in [0.05, 0.1) is 17.3 Å². The second kappa shape index (κ2) is 9.05. The van der Waals surface area contributed by atoms with Crippen LogP contribution in [0, 0.1) is 5.92 Å². The van der Waals surface area contributed by atoms with E-state index in [-0.39, 0.29) is 5.92 Å². The van der Waals surface area contributed by atoms with E-state index in [1.807, 2.05) is 54.6 Å². The molecule has 154 valence electrons. The molecule has 1 aliphatic rings. The van der Waals surface area contributed by atoms with Crippen molar-refractivity contribution in [3.8, 4) is 17.0 Å². The van der Waals surface area contributed by atoms with Gasteiger partial charge >= 0.3 is 5.97 Å². The maximum Gasteiger partial charge on any atom is 0.307 e. The van der Waals surface area contributed by atoms with Gasteiger partial charge in [0.15, 0.2) is 0 Å². The molecule has 1 unspecified atom stereocenters. The van der Waals surface area contributed by atoms with E-state index in [0.29, 0.717) is 19.7 Å². The standard InChI is InChI=1S/C24H25N3O3/c1-17(24(28)29)14-27-12-11-20-13-22(25-26-23(20)15-27)19-7-9-21(10-8-19)30-16-18-5-3-2-4-6-18/h2-10,13,17H,11-12,14-16H2,1H3,(H,28,29). The first kappa shape index (κ1) is 20.0. The average Bonchev–Trinajstić information content (AvgIpc) is 2.78. The Bertz CT molecular complexity index is 1010. The third-order valence-electron chi connectivity index (χ3n) is 5.38. The number of aliphatic carboxylic acids is 1. The van der Waals surface area contributed by atoms with Gasteiger partial charge in [-0.1, -0.05) is 37.3 Å². The van der Waals surface area contributed by atoms with E-state index in [9.17, 15) is 4.79 Å². The molecule has 0 fully saturated rings. The van der Waals surface area contributed by atoms with Gasteiger partial charge in [0.25, 0.3) is 0 Å². The van der Waals surface area contributed by atoms with Crippen LogP contribution in [0.5, 0.6) is 5.75 Å². The zero-order chi connectivity index (χ0) is 20.9. The highest BCUT2D eigenvalue weighted by molar-refractivity contribution is 5.69. The van der Waals surface area contributed by atoms with Crippen molar-refractivity contribution in [3.05, 3.63) is 77.5 Å². The Hall–Kier alpha value is -3.25. The molecular weight excluding hydrogens is 378 g/mol. The largest absolute Gasteiger partial charge is 0.489 e. The molecule has 0 saturated heterocycles. The molecule has 0 radical (unpaired) electrons. The van der Waals surface area contributed by atoms with Crippen molar-refractivity contribution in [1.82, 2.24) is 15.1 Å². The molecule has 4 rings (SSSR count). The first-order valence-electron chi connectivity index (χ1n) is 10.2. The molecule has 2 heterocycles. The van der Waals surface area contributed by atoms with Crippen LogP contribution in [0.15, 0.2) is 60.7 Å². The molecule has 2 aromatic carbocycles. The Kier molecular flexibility index (Phi) is 6.05. The molecule has 0 saturated carbocycles. The Morgan fingerprint density at radius 1 is 1.13 bits per heavy atom. The number of aromatic nitrogens is 2. The number of carboxylic acids is 1. The van der Waals surface area contributed by atoms with Crippen LogP contribution in [0.25, 0.3) is 11.3 Å². The van der Waals surface area contributed by atoms with E-state index in [1.54, 1.807) is 6.92 Å². The Labute approximate surface area is 176 Å². The first-order chi connectivity index (χ1) is 14.6. The molecule has 0 bridgehead atoms. The second-order valence-electron chi connectivity index (χ2n) is 7.72. The molecule has 3 aromatic rings. The summed E-state index contributed by atoms with van der Waals surface area (Å²) in [6, 6.07) is 20.1. The predicted molar refractivity (Wildman–Crippen MR) is 114 cm³/mol. The van der Waals surface area contributed by atoms with E-state index in [1.165, 1.54) is 5.56 Å². The van der Waals surface area contributed by atoms with Gasteiger partial charge in [0.2, 0.25) is 0 Å². The minimum absolute atomic E-state index is 0.388. The summed E-state index contributed by atoms with van der Waals surface area (Å²) < 4.78 is 5.85. The quantitative estimate of drug-likeness (QED) is 0.647. The van der Waals surface area contributed by atoms with Crippen molar-refractivity contribution in [2.75, 3.05) is 13.1 Å². The SMILES string of the molecule is CC(CN1CCc2cc(-c3ccc(OCc4ccccc4)cc3)nnc2C1)C(=O)O. The van der Waals surface area contributed by atoms with Gasteiger partial charge in [-0.3, -0.25) is 9.69 Å². The van der Waals surface area contributed by atoms with Crippen molar-refractivity contribution in [1.29, 1.82) is 0 Å². The maximum absolute atomic E-state index is 11.1. The van der Waals surface area contributed by atoms with Gasteiger partial charge in [0.1, 0.15) is 12.4 Å². The number of carboxylic acid groups (broad SMARTS) is 1. The van der Waals surface area contributed by atoms with Crippen LogP contribution in [0.2, 0.25) is 0 Å². The molecule has 0 amide bonds. The van der Waals surface area contributed by atoms with Gasteiger partial charge in [-0.2, -0.15) is 10.2 Å². The van der Waals surface area contributed by atoms with E-state index in [2.05, 4.69) is 21.2 Å². The lowest BCUT2D eigenvalue weighted by Gasteiger charge is -2.28. The summed E-state index contributed by atoms with van der Waals surface area (Å²) in [6.07, 6.45) is 0.850. The number of benzene rings is 2. The summed E-state index contributed by atoms with van der Waals surface area (Å²) in [5.41, 5.74) is 5.10. The van der Waals surface area contributed by atoms with Crippen LogP contribution in [0.3, 0.4) is 0 Å². The van der Waals surface area contributed by atoms with E-state index < -0.39 is 5.97 Å². The normalized spacial score (nSPS) is 14.7. The Balaban J connectivity index is 1.40. The van der Waals surface area contributed by atoms with E-state index in [4.69, 9.17) is 9.84 Å². The molecule has 1 aliphatic heterocycles. The van der Waals surface area contributed by atoms with Gasteiger partial charge in [-0.15, -0.1) is 0 Å². The van der Waals surface area contributed by atoms with Gasteiger partial charge in [-0.25, -0.2) is 0 Å². The summed E-state index contributed by atoms with van der Waals surface area (Å²) in [4.78, 5) is 13.2. The highest BCUT2D eigenvalue weighted by atomic mass is 16.5. The Morgan fingerprint density at radius 3 is 2.63 bits per heavy atom. The van der Waals surface area contributed by atoms with E-state index in [0.717, 1.165) is 41.2 Å². The smallest absolute Gasteiger partial charge is 0.307 e. The van der Waals surface area contributed by atoms with Crippen molar-refractivity contribution in [3.63, 3.8) is 0 Å². The van der Waals surface area contributed by atoms with Crippen LogP contribution >= 0.6 is 0 Å². The molecule has 1 atom stereocenters. The molecule has 6 heteroatoms. The second-order valence-corrected chi connectivity index (χ2v) is 7.72. The van der Waals surface area contributed by atoms with E-state index >= 15 is 0 Å². The zero-order valence-corrected chi connectivity index (χ0v) is 17.0. The van der Waals surface area contributed by atoms with Crippen molar-refractivity contribution >= 4 is 5.97 Å². The van der Waals surface area contributed by atoms with Crippen molar-refractivity contribution in [2.45, 2.75) is 26.5 Å². The molecule has 0 aliphatic carbocycles. The molecular formula is C24H25N3O3. The Morgan fingerprint density at radius 2 is 1.90 bits per heavy atom. The number of nitrogens with zero attached hydrogens (tertiary/aromatic N) is 3. The van der Waals surface area contributed by atoms with Crippen LogP contribution in [-0.2, 0) is 24.4 Å². The molecule has 0 spiro atoms. The lowest BCUT2D eigenvalue weighted by atomic mass is 10.0. The summed E-state index contributed by atoms with van der Waals surface area (Å²) >= 11 is 0. The number of hydrogen-bond acceptors (Lipinski definition) is 5. The maximum atomic E-state index is 11.1. The summed E-state index contributed by atoms with van der Waals surface area (Å²) in [5.74, 6) is -0.337. The fourth-order valence-electron chi connectivity index (χ4n) is 3.60. The summed E-state index contributed by atoms with van der Waals surface area (Å²) in [5, 5.41) is 17.9. The first-order valence-corrected chi connectivity index (χ1v) is 10.2. The number of hydrogen-bond donors (Lipinski definition) is 1. The third-order valence-corrected chi connectivity index (χ3v) is 5.38. The van der Waals surface area contributed by atoms with Gasteiger partial charge in [0, 0.05) is 25.2 Å². The number of fused-ring (bicyclic) bond motifs is 1. The van der Waals surface area contributed by atoms with Crippen LogP contribution in [-0.4, -0.2) is 39.3 Å². The summed E-state index contributed by atoms with van der Waals surface area (Å²) in [7, 11) is 0. The molecule has 1 N–H and O–H groups in total. The van der Waals surface area contributed by atoms with Crippen molar-refractivity contribution in [2.24, 2.45) is 5.92 Å². The lowest BCUT2D eigenvalue weighted by Crippen LogP contribution is -2.36. The topological polar surface area (TPSA) is 75.5 Å². The lowest BCUT2D eigenvalue weighted by molar-refractivity contribution is -0.141. The molecule has 30 heavy (non-hydrogen) atoms. The van der Waals surface area contributed by atoms with Crippen molar-refractivity contribution < 1.29 is 14.6 Å². The number of carbonyl (C=O) groups is 1. The van der Waals surface area contributed by atoms with Gasteiger partial charge in [-0.05, 0) is 47.9 Å². The number of rotatable bonds is 7. The fourth-order valence-corrected chi connectivity index (χ4v) is 3.60. The highest BCUT2D eigenvalue weighted by Crippen LogP contribution is 2.25. The third kappa shape index (κ3) is 4.83. The minimum atomic E-state index is -0.765. The monoisotopic (exact) mass is 403 g/mol. The minimum Gasteiger partial charge on any atom is -0.489 e. The fraction of sp³-hybridized carbons (Fsp3) is 0.292. The molecule has 1 aromatic heterocycles. The summed E-state index contributed by atoms with van der Waals surface area (Å²) in [6.45, 7) is 4.28. The highest BCUT2D eigenvalue weighted by Gasteiger charge is 2.22. The number of ether oxygens (including phenoxy) is 1. The van der Waals surface area contributed by atoms with Crippen LogP contribution in [0.4, 0.5) is 0 Å². The average molecular weight is 403 g/mol. The van der Waals surface area contributed by atoms with Crippen LogP contribution in [0.1, 0.15) is 23.7 Å². The van der Waals surface area contributed by atoms with Gasteiger partial charge < -0.3 is 9.84 Å².